The standard InChI is InChI=1S/C20H17Cl2NO3/c21-16-6-11(8-19(24)25)7-17(22)20(16)26-13-4-5-18-14(9-13)15(10-23-18)12-2-1-3-12/h4-7,9-10,12,23H,1-3,8H2,(H,24,25). The quantitative estimate of drug-likeness (QED) is 0.548. The van der Waals surface area contributed by atoms with Crippen LogP contribution in [0.5, 0.6) is 11.5 Å². The SMILES string of the molecule is O=C(O)Cc1cc(Cl)c(Oc2ccc3[nH]cc(C4CCC4)c3c2)c(Cl)c1. The molecule has 6 heteroatoms. The Kier molecular flexibility index (Phi) is 4.55. The molecule has 1 fully saturated rings. The van der Waals surface area contributed by atoms with Crippen LogP contribution in [-0.2, 0) is 11.2 Å². The summed E-state index contributed by atoms with van der Waals surface area (Å²) in [5, 5.41) is 10.7. The second kappa shape index (κ2) is 6.86. The number of aliphatic carboxylic acids is 1. The first-order valence-corrected chi connectivity index (χ1v) is 9.25. The van der Waals surface area contributed by atoms with Crippen molar-refractivity contribution in [3.8, 4) is 11.5 Å². The molecular weight excluding hydrogens is 373 g/mol. The van der Waals surface area contributed by atoms with Gasteiger partial charge in [0.2, 0.25) is 0 Å². The minimum absolute atomic E-state index is 0.139. The maximum Gasteiger partial charge on any atom is 0.307 e. The Morgan fingerprint density at radius 2 is 1.92 bits per heavy atom. The van der Waals surface area contributed by atoms with Crippen molar-refractivity contribution in [3.05, 3.63) is 57.7 Å². The number of carboxylic acids is 1. The number of carbonyl (C=O) groups is 1. The lowest BCUT2D eigenvalue weighted by molar-refractivity contribution is -0.136. The molecular formula is C20H17Cl2NO3. The predicted octanol–water partition coefficient (Wildman–Crippen LogP) is 6.16. The summed E-state index contributed by atoms with van der Waals surface area (Å²) in [6.45, 7) is 0. The third kappa shape index (κ3) is 3.27. The Balaban J connectivity index is 1.65. The molecule has 1 heterocycles. The maximum atomic E-state index is 10.9. The first-order valence-electron chi connectivity index (χ1n) is 8.50. The molecule has 0 bridgehead atoms. The molecule has 0 saturated heterocycles. The van der Waals surface area contributed by atoms with Gasteiger partial charge in [0, 0.05) is 17.1 Å². The van der Waals surface area contributed by atoms with Gasteiger partial charge in [0.05, 0.1) is 16.5 Å². The number of fused-ring (bicyclic) bond motifs is 1. The number of aromatic nitrogens is 1. The Morgan fingerprint density at radius 1 is 1.19 bits per heavy atom. The highest BCUT2D eigenvalue weighted by Gasteiger charge is 2.22. The fraction of sp³-hybridized carbons (Fsp3) is 0.250. The molecule has 134 valence electrons. The van der Waals surface area contributed by atoms with E-state index < -0.39 is 5.97 Å². The van der Waals surface area contributed by atoms with Crippen LogP contribution in [-0.4, -0.2) is 16.1 Å². The molecule has 1 aliphatic rings. The number of carboxylic acid groups (broad SMARTS) is 1. The molecule has 2 aromatic carbocycles. The molecule has 3 aromatic rings. The molecule has 0 amide bonds. The van der Waals surface area contributed by atoms with Gasteiger partial charge in [-0.25, -0.2) is 0 Å². The van der Waals surface area contributed by atoms with Gasteiger partial charge in [0.15, 0.2) is 5.75 Å². The number of halogens is 2. The Bertz CT molecular complexity index is 969. The van der Waals surface area contributed by atoms with Crippen molar-refractivity contribution < 1.29 is 14.6 Å². The molecule has 26 heavy (non-hydrogen) atoms. The number of ether oxygens (including phenoxy) is 1. The molecule has 1 aliphatic carbocycles. The lowest BCUT2D eigenvalue weighted by atomic mass is 9.80. The number of nitrogens with one attached hydrogen (secondary N) is 1. The summed E-state index contributed by atoms with van der Waals surface area (Å²) in [4.78, 5) is 14.2. The smallest absolute Gasteiger partial charge is 0.307 e. The fourth-order valence-corrected chi connectivity index (χ4v) is 3.96. The van der Waals surface area contributed by atoms with Gasteiger partial charge >= 0.3 is 5.97 Å². The van der Waals surface area contributed by atoms with E-state index in [2.05, 4.69) is 11.2 Å². The highest BCUT2D eigenvalue weighted by atomic mass is 35.5. The zero-order chi connectivity index (χ0) is 18.3. The van der Waals surface area contributed by atoms with Crippen molar-refractivity contribution in [2.24, 2.45) is 0 Å². The van der Waals surface area contributed by atoms with E-state index in [1.807, 2.05) is 18.2 Å². The zero-order valence-corrected chi connectivity index (χ0v) is 15.4. The van der Waals surface area contributed by atoms with Crippen molar-refractivity contribution in [1.29, 1.82) is 0 Å². The third-order valence-corrected chi connectivity index (χ3v) is 5.43. The van der Waals surface area contributed by atoms with Crippen LogP contribution >= 0.6 is 23.2 Å². The minimum Gasteiger partial charge on any atom is -0.481 e. The van der Waals surface area contributed by atoms with E-state index in [4.69, 9.17) is 33.0 Å². The van der Waals surface area contributed by atoms with Crippen LogP contribution in [0, 0.1) is 0 Å². The summed E-state index contributed by atoms with van der Waals surface area (Å²) in [5.74, 6) is 0.656. The summed E-state index contributed by atoms with van der Waals surface area (Å²) < 4.78 is 5.94. The van der Waals surface area contributed by atoms with Gasteiger partial charge in [-0.2, -0.15) is 0 Å². The van der Waals surface area contributed by atoms with E-state index in [-0.39, 0.29) is 6.42 Å². The zero-order valence-electron chi connectivity index (χ0n) is 13.9. The van der Waals surface area contributed by atoms with Gasteiger partial charge in [-0.1, -0.05) is 29.6 Å². The number of H-pyrrole nitrogens is 1. The minimum atomic E-state index is -0.938. The Labute approximate surface area is 160 Å². The van der Waals surface area contributed by atoms with E-state index in [0.717, 1.165) is 10.9 Å². The Morgan fingerprint density at radius 3 is 2.54 bits per heavy atom. The van der Waals surface area contributed by atoms with Crippen molar-refractivity contribution in [3.63, 3.8) is 0 Å². The fourth-order valence-electron chi connectivity index (χ4n) is 3.35. The number of rotatable bonds is 5. The first-order chi connectivity index (χ1) is 12.5. The number of benzene rings is 2. The molecule has 2 N–H and O–H groups in total. The van der Waals surface area contributed by atoms with Crippen molar-refractivity contribution in [1.82, 2.24) is 4.98 Å². The largest absolute Gasteiger partial charge is 0.481 e. The molecule has 0 unspecified atom stereocenters. The van der Waals surface area contributed by atoms with Crippen LogP contribution in [0.25, 0.3) is 10.9 Å². The van der Waals surface area contributed by atoms with Gasteiger partial charge in [-0.05, 0) is 60.2 Å². The molecule has 0 radical (unpaired) electrons. The van der Waals surface area contributed by atoms with Crippen molar-refractivity contribution in [2.45, 2.75) is 31.6 Å². The van der Waals surface area contributed by atoms with E-state index in [1.165, 1.54) is 24.8 Å². The summed E-state index contributed by atoms with van der Waals surface area (Å²) in [5.41, 5.74) is 2.94. The monoisotopic (exact) mass is 389 g/mol. The van der Waals surface area contributed by atoms with Crippen LogP contribution in [0.2, 0.25) is 10.0 Å². The number of hydrogen-bond donors (Lipinski definition) is 2. The number of aromatic amines is 1. The average molecular weight is 390 g/mol. The summed E-state index contributed by atoms with van der Waals surface area (Å²) in [6.07, 6.45) is 5.67. The van der Waals surface area contributed by atoms with E-state index in [1.54, 1.807) is 12.1 Å². The molecule has 1 saturated carbocycles. The van der Waals surface area contributed by atoms with Crippen LogP contribution in [0.4, 0.5) is 0 Å². The van der Waals surface area contributed by atoms with Gasteiger partial charge in [0.25, 0.3) is 0 Å². The van der Waals surface area contributed by atoms with Gasteiger partial charge in [0.1, 0.15) is 5.75 Å². The molecule has 0 atom stereocenters. The second-order valence-corrected chi connectivity index (χ2v) is 7.45. The maximum absolute atomic E-state index is 10.9. The average Bonchev–Trinajstić information content (AvgIpc) is 2.92. The molecule has 0 spiro atoms. The summed E-state index contributed by atoms with van der Waals surface area (Å²) >= 11 is 12.5. The van der Waals surface area contributed by atoms with Crippen LogP contribution in [0.1, 0.15) is 36.3 Å². The second-order valence-electron chi connectivity index (χ2n) is 6.64. The van der Waals surface area contributed by atoms with Crippen molar-refractivity contribution in [2.75, 3.05) is 0 Å². The Hall–Kier alpha value is -2.17. The number of hydrogen-bond acceptors (Lipinski definition) is 2. The third-order valence-electron chi connectivity index (χ3n) is 4.86. The molecule has 4 rings (SSSR count). The van der Waals surface area contributed by atoms with E-state index >= 15 is 0 Å². The van der Waals surface area contributed by atoms with Crippen molar-refractivity contribution >= 4 is 40.1 Å². The van der Waals surface area contributed by atoms with Gasteiger partial charge < -0.3 is 14.8 Å². The van der Waals surface area contributed by atoms with Gasteiger partial charge in [-0.15, -0.1) is 0 Å². The summed E-state index contributed by atoms with van der Waals surface area (Å²) in [6, 6.07) is 8.99. The van der Waals surface area contributed by atoms with Crippen LogP contribution < -0.4 is 4.74 Å². The normalized spacial score (nSPS) is 14.4. The van der Waals surface area contributed by atoms with E-state index in [0.29, 0.717) is 33.0 Å². The van der Waals surface area contributed by atoms with Crippen LogP contribution in [0.15, 0.2) is 36.5 Å². The molecule has 1 aromatic heterocycles. The topological polar surface area (TPSA) is 62.3 Å². The first kappa shape index (κ1) is 17.3. The molecule has 4 nitrogen and oxygen atoms in total. The lowest BCUT2D eigenvalue weighted by Crippen LogP contribution is -2.07. The molecule has 0 aliphatic heterocycles. The lowest BCUT2D eigenvalue weighted by Gasteiger charge is -2.25. The predicted molar refractivity (Wildman–Crippen MR) is 103 cm³/mol. The highest BCUT2D eigenvalue weighted by Crippen LogP contribution is 2.42. The van der Waals surface area contributed by atoms with E-state index in [9.17, 15) is 4.79 Å². The summed E-state index contributed by atoms with van der Waals surface area (Å²) in [7, 11) is 0. The van der Waals surface area contributed by atoms with Gasteiger partial charge in [-0.3, -0.25) is 4.79 Å². The van der Waals surface area contributed by atoms with Crippen LogP contribution in [0.3, 0.4) is 0 Å². The highest BCUT2D eigenvalue weighted by molar-refractivity contribution is 6.37.